The fraction of sp³-hybridized carbons (Fsp3) is 0. The molecule has 0 radical (unpaired) electrons. The van der Waals surface area contributed by atoms with Crippen molar-refractivity contribution in [1.29, 1.82) is 0 Å². The van der Waals surface area contributed by atoms with Crippen LogP contribution in [-0.4, -0.2) is 19.9 Å². The third-order valence-electron chi connectivity index (χ3n) is 8.74. The van der Waals surface area contributed by atoms with Crippen LogP contribution in [0.25, 0.3) is 89.7 Å². The molecule has 5 nitrogen and oxygen atoms in total. The van der Waals surface area contributed by atoms with Crippen LogP contribution in [0.4, 0.5) is 0 Å². The van der Waals surface area contributed by atoms with Gasteiger partial charge < -0.3 is 4.42 Å². The molecule has 0 bridgehead atoms. The van der Waals surface area contributed by atoms with Crippen LogP contribution >= 0.6 is 0 Å². The molecule has 0 fully saturated rings. The summed E-state index contributed by atoms with van der Waals surface area (Å²) >= 11 is 0. The molecular weight excluding hydrogens is 601 g/mol. The van der Waals surface area contributed by atoms with E-state index in [0.717, 1.165) is 66.4 Å². The summed E-state index contributed by atoms with van der Waals surface area (Å²) in [6.07, 6.45) is 0. The molecule has 2 aromatic heterocycles. The SMILES string of the molecule is c1ccc(-c2cccc(-c3nc(-c4ccccc4)nc(-c4cccc(-c5ccc6c(ccc7oc(-c8ccccc8)nc76)c5)c4)n3)c2)cc1. The van der Waals surface area contributed by atoms with Crippen LogP contribution in [0, 0.1) is 0 Å². The molecule has 0 N–H and O–H groups in total. The van der Waals surface area contributed by atoms with Gasteiger partial charge in [-0.05, 0) is 64.0 Å². The summed E-state index contributed by atoms with van der Waals surface area (Å²) < 4.78 is 6.12. The van der Waals surface area contributed by atoms with Gasteiger partial charge in [-0.15, -0.1) is 0 Å². The summed E-state index contributed by atoms with van der Waals surface area (Å²) in [5, 5.41) is 2.14. The molecule has 0 saturated heterocycles. The minimum absolute atomic E-state index is 0.620. The van der Waals surface area contributed by atoms with Crippen LogP contribution in [0.3, 0.4) is 0 Å². The van der Waals surface area contributed by atoms with Gasteiger partial charge in [0, 0.05) is 27.6 Å². The third kappa shape index (κ3) is 5.53. The summed E-state index contributed by atoms with van der Waals surface area (Å²) in [6.45, 7) is 0. The Morgan fingerprint density at radius 3 is 1.45 bits per heavy atom. The van der Waals surface area contributed by atoms with Crippen molar-refractivity contribution >= 4 is 21.9 Å². The van der Waals surface area contributed by atoms with E-state index in [1.165, 1.54) is 0 Å². The molecule has 0 atom stereocenters. The van der Waals surface area contributed by atoms with Crippen molar-refractivity contribution in [3.8, 4) is 67.9 Å². The number of oxazole rings is 1. The van der Waals surface area contributed by atoms with Crippen LogP contribution in [-0.2, 0) is 0 Å². The standard InChI is InChI=1S/C44H28N4O/c1-4-12-29(13-5-1)32-18-10-20-36(27-32)42-46-41(30-14-6-2-7-15-30)47-43(48-42)37-21-11-19-33(28-37)34-22-24-38-35(26-34)23-25-39-40(38)45-44(49-39)31-16-8-3-9-17-31/h1-28H. The minimum atomic E-state index is 0.620. The molecule has 9 aromatic rings. The summed E-state index contributed by atoms with van der Waals surface area (Å²) in [4.78, 5) is 19.9. The van der Waals surface area contributed by atoms with E-state index in [0.29, 0.717) is 23.4 Å². The molecule has 0 spiro atoms. The predicted octanol–water partition coefficient (Wildman–Crippen LogP) is 11.2. The fourth-order valence-electron chi connectivity index (χ4n) is 6.26. The molecule has 0 saturated carbocycles. The molecule has 0 aliphatic heterocycles. The monoisotopic (exact) mass is 628 g/mol. The molecule has 0 aliphatic carbocycles. The molecular formula is C44H28N4O. The lowest BCUT2D eigenvalue weighted by Crippen LogP contribution is -2.00. The number of fused-ring (bicyclic) bond motifs is 3. The van der Waals surface area contributed by atoms with Gasteiger partial charge >= 0.3 is 0 Å². The number of aromatic nitrogens is 4. The zero-order valence-corrected chi connectivity index (χ0v) is 26.4. The van der Waals surface area contributed by atoms with Gasteiger partial charge in [0.05, 0.1) is 0 Å². The van der Waals surface area contributed by atoms with Crippen molar-refractivity contribution in [3.05, 3.63) is 170 Å². The first-order valence-electron chi connectivity index (χ1n) is 16.2. The lowest BCUT2D eigenvalue weighted by atomic mass is 9.99. The van der Waals surface area contributed by atoms with E-state index in [1.54, 1.807) is 0 Å². The topological polar surface area (TPSA) is 64.7 Å². The van der Waals surface area contributed by atoms with Gasteiger partial charge in [-0.25, -0.2) is 19.9 Å². The Labute approximate surface area is 283 Å². The van der Waals surface area contributed by atoms with Crippen molar-refractivity contribution < 1.29 is 4.42 Å². The number of benzene rings is 7. The number of rotatable bonds is 6. The lowest BCUT2D eigenvalue weighted by molar-refractivity contribution is 0.620. The summed E-state index contributed by atoms with van der Waals surface area (Å²) in [5.74, 6) is 2.50. The molecule has 0 aliphatic rings. The maximum Gasteiger partial charge on any atom is 0.227 e. The predicted molar refractivity (Wildman–Crippen MR) is 198 cm³/mol. The Bertz CT molecular complexity index is 2600. The highest BCUT2D eigenvalue weighted by atomic mass is 16.3. The largest absolute Gasteiger partial charge is 0.436 e. The number of hydrogen-bond donors (Lipinski definition) is 0. The molecule has 7 aromatic carbocycles. The normalized spacial score (nSPS) is 11.3. The van der Waals surface area contributed by atoms with Crippen LogP contribution in [0.5, 0.6) is 0 Å². The van der Waals surface area contributed by atoms with Crippen molar-refractivity contribution in [2.75, 3.05) is 0 Å². The van der Waals surface area contributed by atoms with Crippen LogP contribution in [0.2, 0.25) is 0 Å². The minimum Gasteiger partial charge on any atom is -0.436 e. The second kappa shape index (κ2) is 12.1. The average molecular weight is 629 g/mol. The second-order valence-electron chi connectivity index (χ2n) is 11.9. The van der Waals surface area contributed by atoms with Crippen LogP contribution in [0.15, 0.2) is 174 Å². The molecule has 0 amide bonds. The van der Waals surface area contributed by atoms with Gasteiger partial charge in [-0.3, -0.25) is 0 Å². The maximum atomic E-state index is 6.12. The Morgan fingerprint density at radius 1 is 0.327 bits per heavy atom. The maximum absolute atomic E-state index is 6.12. The van der Waals surface area contributed by atoms with E-state index in [9.17, 15) is 0 Å². The average Bonchev–Trinajstić information content (AvgIpc) is 3.64. The lowest BCUT2D eigenvalue weighted by Gasteiger charge is -2.11. The quantitative estimate of drug-likeness (QED) is 0.183. The Kier molecular flexibility index (Phi) is 7.06. The van der Waals surface area contributed by atoms with E-state index in [1.807, 2.05) is 72.8 Å². The van der Waals surface area contributed by atoms with Gasteiger partial charge in [-0.1, -0.05) is 133 Å². The first kappa shape index (κ1) is 28.5. The first-order chi connectivity index (χ1) is 24.2. The molecule has 230 valence electrons. The van der Waals surface area contributed by atoms with Gasteiger partial charge in [-0.2, -0.15) is 0 Å². The molecule has 49 heavy (non-hydrogen) atoms. The zero-order chi connectivity index (χ0) is 32.6. The molecule has 2 heterocycles. The number of hydrogen-bond acceptors (Lipinski definition) is 5. The van der Waals surface area contributed by atoms with Gasteiger partial charge in [0.1, 0.15) is 5.52 Å². The highest BCUT2D eigenvalue weighted by molar-refractivity contribution is 6.05. The van der Waals surface area contributed by atoms with E-state index < -0.39 is 0 Å². The van der Waals surface area contributed by atoms with E-state index in [4.69, 9.17) is 24.4 Å². The van der Waals surface area contributed by atoms with Crippen LogP contribution < -0.4 is 0 Å². The number of nitrogens with zero attached hydrogens (tertiary/aromatic N) is 4. The smallest absolute Gasteiger partial charge is 0.227 e. The van der Waals surface area contributed by atoms with E-state index in [-0.39, 0.29) is 0 Å². The highest BCUT2D eigenvalue weighted by Gasteiger charge is 2.15. The third-order valence-corrected chi connectivity index (χ3v) is 8.74. The fourth-order valence-corrected chi connectivity index (χ4v) is 6.26. The van der Waals surface area contributed by atoms with Crippen LogP contribution in [0.1, 0.15) is 0 Å². The van der Waals surface area contributed by atoms with E-state index >= 15 is 0 Å². The first-order valence-corrected chi connectivity index (χ1v) is 16.2. The summed E-state index contributed by atoms with van der Waals surface area (Å²) in [6, 6.07) is 57.8. The van der Waals surface area contributed by atoms with Crippen molar-refractivity contribution in [3.63, 3.8) is 0 Å². The molecule has 0 unspecified atom stereocenters. The van der Waals surface area contributed by atoms with Gasteiger partial charge in [0.25, 0.3) is 0 Å². The van der Waals surface area contributed by atoms with Crippen molar-refractivity contribution in [1.82, 2.24) is 19.9 Å². The Balaban J connectivity index is 1.12. The summed E-state index contributed by atoms with van der Waals surface area (Å²) in [7, 11) is 0. The van der Waals surface area contributed by atoms with Gasteiger partial charge in [0.15, 0.2) is 23.1 Å². The molecule has 9 rings (SSSR count). The highest BCUT2D eigenvalue weighted by Crippen LogP contribution is 2.34. The Morgan fingerprint density at radius 2 is 0.816 bits per heavy atom. The van der Waals surface area contributed by atoms with E-state index in [2.05, 4.69) is 97.1 Å². The zero-order valence-electron chi connectivity index (χ0n) is 26.4. The van der Waals surface area contributed by atoms with Crippen molar-refractivity contribution in [2.24, 2.45) is 0 Å². The second-order valence-corrected chi connectivity index (χ2v) is 11.9. The Hall–Kier alpha value is -6.72. The van der Waals surface area contributed by atoms with Crippen molar-refractivity contribution in [2.45, 2.75) is 0 Å². The summed E-state index contributed by atoms with van der Waals surface area (Å²) in [5.41, 5.74) is 9.79. The van der Waals surface area contributed by atoms with Gasteiger partial charge in [0.2, 0.25) is 5.89 Å². The molecule has 5 heteroatoms.